The quantitative estimate of drug-likeness (QED) is 0.604. The Morgan fingerprint density at radius 3 is 2.72 bits per heavy atom. The van der Waals surface area contributed by atoms with Crippen molar-refractivity contribution in [1.82, 2.24) is 14.8 Å². The molecule has 0 saturated carbocycles. The number of hydrogen-bond donors (Lipinski definition) is 1. The van der Waals surface area contributed by atoms with Crippen molar-refractivity contribution in [2.75, 3.05) is 6.54 Å². The van der Waals surface area contributed by atoms with Gasteiger partial charge in [0.15, 0.2) is 0 Å². The van der Waals surface area contributed by atoms with E-state index >= 15 is 0 Å². The van der Waals surface area contributed by atoms with E-state index in [0.29, 0.717) is 18.0 Å². The van der Waals surface area contributed by atoms with Crippen LogP contribution in [0.5, 0.6) is 0 Å². The Morgan fingerprint density at radius 2 is 2.00 bits per heavy atom. The lowest BCUT2D eigenvalue weighted by atomic mass is 10.1. The number of thioether (sulfide) groups is 1. The lowest BCUT2D eigenvalue weighted by Gasteiger charge is -2.06. The fourth-order valence-electron chi connectivity index (χ4n) is 3.24. The van der Waals surface area contributed by atoms with Gasteiger partial charge in [-0.2, -0.15) is 0 Å². The van der Waals surface area contributed by atoms with Crippen LogP contribution in [0.15, 0.2) is 52.9 Å². The van der Waals surface area contributed by atoms with Gasteiger partial charge in [0.05, 0.1) is 11.4 Å². The summed E-state index contributed by atoms with van der Waals surface area (Å²) in [6.07, 6.45) is 3.60. The monoisotopic (exact) mass is 425 g/mol. The highest BCUT2D eigenvalue weighted by atomic mass is 32.2. The van der Waals surface area contributed by atoms with E-state index in [1.807, 2.05) is 52.5 Å². The van der Waals surface area contributed by atoms with E-state index in [-0.39, 0.29) is 23.6 Å². The number of thiophene rings is 1. The van der Waals surface area contributed by atoms with Gasteiger partial charge in [0.2, 0.25) is 5.91 Å². The second-order valence-corrected chi connectivity index (χ2v) is 8.54. The standard InChI is InChI=1S/C21H19N3O3S2/c1-2-24-20(26)18(29-21(24)27)10-14-12-23(17-8-4-3-7-16(14)17)13-19(25)22-11-15-6-5-9-28-15/h3-10,12H,2,11,13H2,1H3,(H,22,25)/b18-10-. The van der Waals surface area contributed by atoms with Gasteiger partial charge in [0.1, 0.15) is 6.54 Å². The summed E-state index contributed by atoms with van der Waals surface area (Å²) in [5, 5.41) is 5.59. The lowest BCUT2D eigenvalue weighted by Crippen LogP contribution is -2.27. The van der Waals surface area contributed by atoms with Gasteiger partial charge in [0, 0.05) is 34.1 Å². The first kappa shape index (κ1) is 19.5. The number of nitrogens with zero attached hydrogens (tertiary/aromatic N) is 2. The van der Waals surface area contributed by atoms with Crippen molar-refractivity contribution in [3.05, 3.63) is 63.3 Å². The first-order chi connectivity index (χ1) is 14.1. The van der Waals surface area contributed by atoms with Gasteiger partial charge in [-0.15, -0.1) is 11.3 Å². The van der Waals surface area contributed by atoms with Crippen molar-refractivity contribution < 1.29 is 14.4 Å². The minimum Gasteiger partial charge on any atom is -0.350 e. The van der Waals surface area contributed by atoms with Crippen LogP contribution in [0.1, 0.15) is 17.4 Å². The highest BCUT2D eigenvalue weighted by Crippen LogP contribution is 2.33. The maximum absolute atomic E-state index is 12.4. The lowest BCUT2D eigenvalue weighted by molar-refractivity contribution is -0.123. The van der Waals surface area contributed by atoms with Crippen molar-refractivity contribution in [2.24, 2.45) is 0 Å². The fourth-order valence-corrected chi connectivity index (χ4v) is 4.78. The Balaban J connectivity index is 1.59. The average molecular weight is 426 g/mol. The minimum atomic E-state index is -0.270. The summed E-state index contributed by atoms with van der Waals surface area (Å²) < 4.78 is 1.87. The summed E-state index contributed by atoms with van der Waals surface area (Å²) in [7, 11) is 0. The van der Waals surface area contributed by atoms with E-state index in [0.717, 1.165) is 33.1 Å². The molecule has 3 heterocycles. The molecule has 6 nitrogen and oxygen atoms in total. The molecule has 0 atom stereocenters. The third kappa shape index (κ3) is 3.99. The number of para-hydroxylation sites is 1. The van der Waals surface area contributed by atoms with Crippen LogP contribution >= 0.6 is 23.1 Å². The number of likely N-dealkylation sites (N-methyl/N-ethyl adjacent to an activating group) is 1. The summed E-state index contributed by atoms with van der Waals surface area (Å²) in [5.74, 6) is -0.356. The zero-order chi connectivity index (χ0) is 20.4. The Bertz CT molecular complexity index is 1120. The van der Waals surface area contributed by atoms with Crippen molar-refractivity contribution in [3.63, 3.8) is 0 Å². The van der Waals surface area contributed by atoms with Gasteiger partial charge in [0.25, 0.3) is 11.1 Å². The van der Waals surface area contributed by atoms with Gasteiger partial charge in [-0.05, 0) is 42.3 Å². The van der Waals surface area contributed by atoms with Crippen LogP contribution in [0.25, 0.3) is 17.0 Å². The molecule has 0 radical (unpaired) electrons. The second-order valence-electron chi connectivity index (χ2n) is 6.51. The predicted octanol–water partition coefficient (Wildman–Crippen LogP) is 4.08. The van der Waals surface area contributed by atoms with Gasteiger partial charge >= 0.3 is 0 Å². The molecule has 148 valence electrons. The largest absolute Gasteiger partial charge is 0.350 e. The van der Waals surface area contributed by atoms with Gasteiger partial charge in [-0.3, -0.25) is 19.3 Å². The fraction of sp³-hybridized carbons (Fsp3) is 0.190. The molecular weight excluding hydrogens is 406 g/mol. The molecular formula is C21H19N3O3S2. The molecule has 1 aliphatic heterocycles. The molecule has 0 aliphatic carbocycles. The number of fused-ring (bicyclic) bond motifs is 1. The van der Waals surface area contributed by atoms with Crippen molar-refractivity contribution in [2.45, 2.75) is 20.0 Å². The van der Waals surface area contributed by atoms with Crippen LogP contribution in [-0.2, 0) is 22.7 Å². The second kappa shape index (κ2) is 8.26. The van der Waals surface area contributed by atoms with Crippen LogP contribution in [0, 0.1) is 0 Å². The average Bonchev–Trinajstić information content (AvgIpc) is 3.41. The topological polar surface area (TPSA) is 71.4 Å². The summed E-state index contributed by atoms with van der Waals surface area (Å²) in [6, 6.07) is 11.7. The Labute approximate surface area is 176 Å². The number of rotatable bonds is 6. The van der Waals surface area contributed by atoms with Gasteiger partial charge in [-0.25, -0.2) is 0 Å². The number of benzene rings is 1. The summed E-state index contributed by atoms with van der Waals surface area (Å²) >= 11 is 2.55. The Kier molecular flexibility index (Phi) is 5.55. The molecule has 29 heavy (non-hydrogen) atoms. The first-order valence-electron chi connectivity index (χ1n) is 9.19. The van der Waals surface area contributed by atoms with Crippen LogP contribution < -0.4 is 5.32 Å². The SMILES string of the molecule is CCN1C(=O)S/C(=C\c2cn(CC(=O)NCc3cccs3)c3ccccc23)C1=O. The Morgan fingerprint density at radius 1 is 1.17 bits per heavy atom. The van der Waals surface area contributed by atoms with Crippen LogP contribution in [0.2, 0.25) is 0 Å². The normalized spacial score (nSPS) is 15.6. The number of amides is 3. The Hall–Kier alpha value is -2.84. The van der Waals surface area contributed by atoms with Crippen LogP contribution in [0.4, 0.5) is 4.79 Å². The summed E-state index contributed by atoms with van der Waals surface area (Å²) in [5.41, 5.74) is 1.72. The molecule has 2 aromatic heterocycles. The van der Waals surface area contributed by atoms with Gasteiger partial charge < -0.3 is 9.88 Å². The number of nitrogens with one attached hydrogen (secondary N) is 1. The third-order valence-electron chi connectivity index (χ3n) is 4.65. The number of imide groups is 1. The van der Waals surface area contributed by atoms with Crippen LogP contribution in [-0.4, -0.2) is 33.1 Å². The molecule has 1 N–H and O–H groups in total. The molecule has 0 bridgehead atoms. The van der Waals surface area contributed by atoms with Crippen molar-refractivity contribution in [1.29, 1.82) is 0 Å². The molecule has 0 spiro atoms. The molecule has 8 heteroatoms. The molecule has 3 amide bonds. The minimum absolute atomic E-state index is 0.0861. The molecule has 4 rings (SSSR count). The number of aromatic nitrogens is 1. The first-order valence-corrected chi connectivity index (χ1v) is 10.9. The number of carbonyl (C=O) groups is 3. The molecule has 1 aliphatic rings. The van der Waals surface area contributed by atoms with Crippen molar-refractivity contribution in [3.8, 4) is 0 Å². The van der Waals surface area contributed by atoms with Gasteiger partial charge in [-0.1, -0.05) is 24.3 Å². The highest BCUT2D eigenvalue weighted by Gasteiger charge is 2.33. The smallest absolute Gasteiger partial charge is 0.293 e. The highest BCUT2D eigenvalue weighted by molar-refractivity contribution is 8.18. The zero-order valence-electron chi connectivity index (χ0n) is 15.8. The van der Waals surface area contributed by atoms with Crippen LogP contribution in [0.3, 0.4) is 0 Å². The van der Waals surface area contributed by atoms with E-state index in [1.54, 1.807) is 24.3 Å². The number of carbonyl (C=O) groups excluding carboxylic acids is 3. The maximum atomic E-state index is 12.4. The molecule has 1 aromatic carbocycles. The number of hydrogen-bond acceptors (Lipinski definition) is 5. The molecule has 1 saturated heterocycles. The zero-order valence-corrected chi connectivity index (χ0v) is 17.4. The third-order valence-corrected chi connectivity index (χ3v) is 6.43. The van der Waals surface area contributed by atoms with E-state index in [2.05, 4.69) is 5.32 Å². The summed E-state index contributed by atoms with van der Waals surface area (Å²) in [4.78, 5) is 39.5. The van der Waals surface area contributed by atoms with E-state index < -0.39 is 0 Å². The molecule has 1 fully saturated rings. The molecule has 3 aromatic rings. The predicted molar refractivity (Wildman–Crippen MR) is 116 cm³/mol. The van der Waals surface area contributed by atoms with E-state index in [1.165, 1.54) is 4.90 Å². The molecule has 0 unspecified atom stereocenters. The maximum Gasteiger partial charge on any atom is 0.293 e. The van der Waals surface area contributed by atoms with E-state index in [9.17, 15) is 14.4 Å². The van der Waals surface area contributed by atoms with E-state index in [4.69, 9.17) is 0 Å². The summed E-state index contributed by atoms with van der Waals surface area (Å²) in [6.45, 7) is 2.82. The van der Waals surface area contributed by atoms with Crippen molar-refractivity contribution >= 4 is 57.1 Å².